The van der Waals surface area contributed by atoms with E-state index in [2.05, 4.69) is 0 Å². The van der Waals surface area contributed by atoms with Crippen LogP contribution in [-0.4, -0.2) is 34.6 Å². The van der Waals surface area contributed by atoms with Gasteiger partial charge >= 0.3 is 12.0 Å². The number of likely N-dealkylation sites (N-methyl/N-ethyl adjacent to an activating group) is 1. The number of amides is 2. The van der Waals surface area contributed by atoms with Gasteiger partial charge in [0.15, 0.2) is 17.5 Å². The van der Waals surface area contributed by atoms with Crippen molar-refractivity contribution in [3.8, 4) is 0 Å². The normalized spacial score (nSPS) is 11.1. The average molecular weight is 290 g/mol. The Hall–Kier alpha value is -2.25. The topological polar surface area (TPSA) is 69.6 Å². The monoisotopic (exact) mass is 290 g/mol. The summed E-state index contributed by atoms with van der Waals surface area (Å²) in [5, 5.41) is 10.9. The number of nitrogens with one attached hydrogen (secondary N) is 1. The van der Waals surface area contributed by atoms with Gasteiger partial charge in [-0.05, 0) is 26.0 Å². The van der Waals surface area contributed by atoms with Crippen molar-refractivity contribution in [2.75, 3.05) is 12.4 Å². The van der Waals surface area contributed by atoms with E-state index in [9.17, 15) is 22.8 Å². The van der Waals surface area contributed by atoms with Crippen LogP contribution in [0.2, 0.25) is 0 Å². The van der Waals surface area contributed by atoms with Crippen LogP contribution in [0, 0.1) is 17.5 Å². The summed E-state index contributed by atoms with van der Waals surface area (Å²) in [4.78, 5) is 23.6. The van der Waals surface area contributed by atoms with E-state index in [0.717, 1.165) is 11.0 Å². The summed E-state index contributed by atoms with van der Waals surface area (Å²) in [6.45, 7) is 2.52. The van der Waals surface area contributed by atoms with E-state index in [4.69, 9.17) is 5.11 Å². The molecule has 0 spiro atoms. The zero-order chi connectivity index (χ0) is 15.7. The number of hydrogen-bond donors (Lipinski definition) is 2. The van der Waals surface area contributed by atoms with Crippen molar-refractivity contribution in [3.05, 3.63) is 29.6 Å². The second-order valence-electron chi connectivity index (χ2n) is 4.58. The summed E-state index contributed by atoms with van der Waals surface area (Å²) in [6.07, 6.45) is 0. The number of anilines is 1. The van der Waals surface area contributed by atoms with Crippen LogP contribution in [0.5, 0.6) is 0 Å². The van der Waals surface area contributed by atoms with Crippen molar-refractivity contribution >= 4 is 17.7 Å². The zero-order valence-electron chi connectivity index (χ0n) is 11.0. The first-order valence-electron chi connectivity index (χ1n) is 5.50. The van der Waals surface area contributed by atoms with E-state index in [1.165, 1.54) is 20.9 Å². The molecule has 110 valence electrons. The fourth-order valence-electron chi connectivity index (χ4n) is 1.22. The number of aliphatic carboxylic acids is 1. The second kappa shape index (κ2) is 5.40. The number of halogens is 3. The molecule has 2 N–H and O–H groups in total. The molecular weight excluding hydrogens is 277 g/mol. The first kappa shape index (κ1) is 15.8. The highest BCUT2D eigenvalue weighted by atomic mass is 19.2. The van der Waals surface area contributed by atoms with Crippen LogP contribution in [0.1, 0.15) is 13.8 Å². The predicted octanol–water partition coefficient (Wildman–Crippen LogP) is 2.43. The van der Waals surface area contributed by atoms with Crippen molar-refractivity contribution in [1.29, 1.82) is 0 Å². The van der Waals surface area contributed by atoms with Crippen LogP contribution in [0.15, 0.2) is 12.1 Å². The molecular formula is C12H13F3N2O3. The van der Waals surface area contributed by atoms with E-state index < -0.39 is 40.7 Å². The van der Waals surface area contributed by atoms with E-state index in [1.807, 2.05) is 5.32 Å². The minimum absolute atomic E-state index is 0.582. The fourth-order valence-corrected chi connectivity index (χ4v) is 1.22. The van der Waals surface area contributed by atoms with Crippen LogP contribution in [0.3, 0.4) is 0 Å². The van der Waals surface area contributed by atoms with Gasteiger partial charge < -0.3 is 15.3 Å². The fraction of sp³-hybridized carbons (Fsp3) is 0.333. The van der Waals surface area contributed by atoms with Crippen molar-refractivity contribution in [1.82, 2.24) is 4.90 Å². The molecule has 0 aliphatic rings. The van der Waals surface area contributed by atoms with Gasteiger partial charge in [0.1, 0.15) is 5.54 Å². The molecule has 0 radical (unpaired) electrons. The Morgan fingerprint density at radius 3 is 2.25 bits per heavy atom. The Bertz CT molecular complexity index is 561. The highest BCUT2D eigenvalue weighted by Crippen LogP contribution is 2.21. The minimum atomic E-state index is -1.72. The molecule has 0 unspecified atom stereocenters. The summed E-state index contributed by atoms with van der Waals surface area (Å²) in [5.74, 6) is -5.94. The maximum atomic E-state index is 13.4. The molecule has 20 heavy (non-hydrogen) atoms. The molecule has 0 saturated heterocycles. The van der Waals surface area contributed by atoms with Gasteiger partial charge in [-0.15, -0.1) is 0 Å². The third kappa shape index (κ3) is 2.84. The lowest BCUT2D eigenvalue weighted by Gasteiger charge is -2.31. The molecule has 0 heterocycles. The van der Waals surface area contributed by atoms with E-state index in [0.29, 0.717) is 6.07 Å². The SMILES string of the molecule is CN(C(=O)Nc1ccc(F)c(F)c1F)C(C)(C)C(=O)O. The Morgan fingerprint density at radius 1 is 1.20 bits per heavy atom. The van der Waals surface area contributed by atoms with Crippen molar-refractivity contribution in [3.63, 3.8) is 0 Å². The van der Waals surface area contributed by atoms with Gasteiger partial charge in [0, 0.05) is 7.05 Å². The highest BCUT2D eigenvalue weighted by molar-refractivity contribution is 5.93. The third-order valence-corrected chi connectivity index (χ3v) is 2.94. The third-order valence-electron chi connectivity index (χ3n) is 2.94. The average Bonchev–Trinajstić information content (AvgIpc) is 2.38. The van der Waals surface area contributed by atoms with Gasteiger partial charge in [0.25, 0.3) is 0 Å². The number of carboxylic acid groups (broad SMARTS) is 1. The van der Waals surface area contributed by atoms with Crippen LogP contribution >= 0.6 is 0 Å². The number of carbonyl (C=O) groups excluding carboxylic acids is 1. The predicted molar refractivity (Wildman–Crippen MR) is 64.8 cm³/mol. The number of hydrogen-bond acceptors (Lipinski definition) is 2. The lowest BCUT2D eigenvalue weighted by Crippen LogP contribution is -2.52. The summed E-state index contributed by atoms with van der Waals surface area (Å²) in [5.41, 5.74) is -2.14. The molecule has 0 saturated carbocycles. The molecule has 0 atom stereocenters. The zero-order valence-corrected chi connectivity index (χ0v) is 11.0. The Morgan fingerprint density at radius 2 is 1.75 bits per heavy atom. The van der Waals surface area contributed by atoms with E-state index >= 15 is 0 Å². The van der Waals surface area contributed by atoms with E-state index in [1.54, 1.807) is 0 Å². The van der Waals surface area contributed by atoms with E-state index in [-0.39, 0.29) is 0 Å². The first-order valence-corrected chi connectivity index (χ1v) is 5.50. The van der Waals surface area contributed by atoms with Crippen molar-refractivity contribution in [2.45, 2.75) is 19.4 Å². The summed E-state index contributed by atoms with van der Waals surface area (Å²) >= 11 is 0. The van der Waals surface area contributed by atoms with Gasteiger partial charge in [-0.2, -0.15) is 0 Å². The number of nitrogens with zero attached hydrogens (tertiary/aromatic N) is 1. The lowest BCUT2D eigenvalue weighted by molar-refractivity contribution is -0.146. The molecule has 0 aliphatic heterocycles. The smallest absolute Gasteiger partial charge is 0.329 e. The number of rotatable bonds is 3. The maximum Gasteiger partial charge on any atom is 0.329 e. The van der Waals surface area contributed by atoms with Crippen LogP contribution in [-0.2, 0) is 4.79 Å². The Kier molecular flexibility index (Phi) is 4.26. The lowest BCUT2D eigenvalue weighted by atomic mass is 10.1. The molecule has 1 rings (SSSR count). The number of carboxylic acids is 1. The molecule has 1 aromatic rings. The summed E-state index contributed by atoms with van der Waals surface area (Å²) in [7, 11) is 1.18. The van der Waals surface area contributed by atoms with Crippen LogP contribution < -0.4 is 5.32 Å². The largest absolute Gasteiger partial charge is 0.480 e. The number of benzene rings is 1. The first-order chi connectivity index (χ1) is 9.09. The number of carbonyl (C=O) groups is 2. The van der Waals surface area contributed by atoms with Crippen molar-refractivity contribution < 1.29 is 27.9 Å². The van der Waals surface area contributed by atoms with Crippen LogP contribution in [0.4, 0.5) is 23.7 Å². The van der Waals surface area contributed by atoms with Gasteiger partial charge in [-0.25, -0.2) is 22.8 Å². The van der Waals surface area contributed by atoms with Crippen LogP contribution in [0.25, 0.3) is 0 Å². The van der Waals surface area contributed by atoms with Crippen molar-refractivity contribution in [2.24, 2.45) is 0 Å². The second-order valence-corrected chi connectivity index (χ2v) is 4.58. The highest BCUT2D eigenvalue weighted by Gasteiger charge is 2.35. The Labute approximate surface area is 113 Å². The minimum Gasteiger partial charge on any atom is -0.480 e. The molecule has 1 aromatic carbocycles. The molecule has 0 aliphatic carbocycles. The quantitative estimate of drug-likeness (QED) is 0.840. The van der Waals surface area contributed by atoms with Gasteiger partial charge in [0.05, 0.1) is 5.69 Å². The van der Waals surface area contributed by atoms with Gasteiger partial charge in [-0.1, -0.05) is 0 Å². The van der Waals surface area contributed by atoms with Gasteiger partial charge in [-0.3, -0.25) is 0 Å². The maximum absolute atomic E-state index is 13.4. The molecule has 8 heteroatoms. The molecule has 2 amide bonds. The summed E-state index contributed by atoms with van der Waals surface area (Å²) < 4.78 is 39.1. The molecule has 0 bridgehead atoms. The molecule has 0 aromatic heterocycles. The molecule has 5 nitrogen and oxygen atoms in total. The summed E-state index contributed by atoms with van der Waals surface area (Å²) in [6, 6.07) is 0.520. The Balaban J connectivity index is 2.98. The van der Waals surface area contributed by atoms with Gasteiger partial charge in [0.2, 0.25) is 0 Å². The number of urea groups is 1. The molecule has 0 fully saturated rings. The standard InChI is InChI=1S/C12H13F3N2O3/c1-12(2,10(18)19)17(3)11(20)16-7-5-4-6(13)8(14)9(7)15/h4-5H,1-3H3,(H,16,20)(H,18,19).